The van der Waals surface area contributed by atoms with E-state index >= 15 is 0 Å². The van der Waals surface area contributed by atoms with Crippen LogP contribution in [0.5, 0.6) is 0 Å². The molecule has 108 valence electrons. The molecule has 1 N–H and O–H groups in total. The largest absolute Gasteiger partial charge is 0.378 e. The van der Waals surface area contributed by atoms with Crippen LogP contribution in [0.15, 0.2) is 59.7 Å². The van der Waals surface area contributed by atoms with Crippen LogP contribution >= 0.6 is 0 Å². The molecule has 0 atom stereocenters. The smallest absolute Gasteiger partial charge is 0.271 e. The van der Waals surface area contributed by atoms with Crippen LogP contribution in [-0.4, -0.2) is 25.7 Å². The van der Waals surface area contributed by atoms with E-state index in [0.29, 0.717) is 5.56 Å². The minimum atomic E-state index is -0.212. The number of amides is 1. The predicted octanol–water partition coefficient (Wildman–Crippen LogP) is 2.91. The molecule has 0 aliphatic carbocycles. The predicted molar refractivity (Wildman–Crippen MR) is 86.9 cm³/mol. The van der Waals surface area contributed by atoms with Crippen molar-refractivity contribution in [3.8, 4) is 0 Å². The van der Waals surface area contributed by atoms with Crippen LogP contribution in [0.2, 0.25) is 0 Å². The highest BCUT2D eigenvalue weighted by molar-refractivity contribution is 6.00. The summed E-state index contributed by atoms with van der Waals surface area (Å²) >= 11 is 0. The van der Waals surface area contributed by atoms with Gasteiger partial charge in [-0.05, 0) is 36.8 Å². The molecule has 21 heavy (non-hydrogen) atoms. The van der Waals surface area contributed by atoms with Crippen molar-refractivity contribution < 1.29 is 4.79 Å². The van der Waals surface area contributed by atoms with E-state index in [4.69, 9.17) is 0 Å². The van der Waals surface area contributed by atoms with Gasteiger partial charge in [0.1, 0.15) is 0 Å². The third-order valence-corrected chi connectivity index (χ3v) is 3.16. The number of hydrogen-bond donors (Lipinski definition) is 1. The first-order chi connectivity index (χ1) is 10.1. The lowest BCUT2D eigenvalue weighted by Gasteiger charge is -2.12. The van der Waals surface area contributed by atoms with Gasteiger partial charge in [-0.2, -0.15) is 5.10 Å². The van der Waals surface area contributed by atoms with Gasteiger partial charge >= 0.3 is 0 Å². The summed E-state index contributed by atoms with van der Waals surface area (Å²) in [5.74, 6) is -0.212. The third-order valence-electron chi connectivity index (χ3n) is 3.16. The molecule has 0 spiro atoms. The molecule has 0 bridgehead atoms. The van der Waals surface area contributed by atoms with Crippen molar-refractivity contribution in [1.82, 2.24) is 5.43 Å². The highest BCUT2D eigenvalue weighted by Crippen LogP contribution is 2.12. The van der Waals surface area contributed by atoms with Gasteiger partial charge in [0.05, 0.1) is 5.71 Å². The van der Waals surface area contributed by atoms with E-state index in [9.17, 15) is 4.79 Å². The lowest BCUT2D eigenvalue weighted by molar-refractivity contribution is 0.0955. The Labute approximate surface area is 125 Å². The normalized spacial score (nSPS) is 11.1. The molecule has 2 aromatic rings. The second kappa shape index (κ2) is 6.70. The first-order valence-corrected chi connectivity index (χ1v) is 6.75. The Hall–Kier alpha value is -2.62. The van der Waals surface area contributed by atoms with Crippen LogP contribution in [-0.2, 0) is 0 Å². The molecule has 0 heterocycles. The Morgan fingerprint density at radius 1 is 0.952 bits per heavy atom. The summed E-state index contributed by atoms with van der Waals surface area (Å²) in [4.78, 5) is 14.0. The fourth-order valence-electron chi connectivity index (χ4n) is 1.85. The number of rotatable bonds is 4. The lowest BCUT2D eigenvalue weighted by Crippen LogP contribution is -2.19. The third kappa shape index (κ3) is 3.92. The van der Waals surface area contributed by atoms with Crippen molar-refractivity contribution in [1.29, 1.82) is 0 Å². The molecule has 0 aliphatic heterocycles. The van der Waals surface area contributed by atoms with Gasteiger partial charge in [0, 0.05) is 25.3 Å². The van der Waals surface area contributed by atoms with Gasteiger partial charge in [0.2, 0.25) is 0 Å². The molecular weight excluding hydrogens is 262 g/mol. The van der Waals surface area contributed by atoms with Crippen LogP contribution in [0.1, 0.15) is 22.8 Å². The van der Waals surface area contributed by atoms with Crippen molar-refractivity contribution in [3.63, 3.8) is 0 Å². The van der Waals surface area contributed by atoms with Crippen LogP contribution < -0.4 is 10.3 Å². The monoisotopic (exact) mass is 281 g/mol. The molecule has 0 aliphatic rings. The first kappa shape index (κ1) is 14.8. The zero-order valence-electron chi connectivity index (χ0n) is 12.5. The van der Waals surface area contributed by atoms with Crippen molar-refractivity contribution in [3.05, 3.63) is 65.7 Å². The lowest BCUT2D eigenvalue weighted by atomic mass is 10.1. The van der Waals surface area contributed by atoms with Crippen LogP contribution in [0.4, 0.5) is 5.69 Å². The molecule has 0 saturated carbocycles. The fraction of sp³-hybridized carbons (Fsp3) is 0.176. The number of carbonyl (C=O) groups is 1. The molecule has 0 unspecified atom stereocenters. The van der Waals surface area contributed by atoms with E-state index < -0.39 is 0 Å². The van der Waals surface area contributed by atoms with Gasteiger partial charge in [0.25, 0.3) is 5.91 Å². The zero-order valence-corrected chi connectivity index (χ0v) is 12.5. The maximum absolute atomic E-state index is 12.0. The quantitative estimate of drug-likeness (QED) is 0.692. The van der Waals surface area contributed by atoms with Crippen molar-refractivity contribution in [2.45, 2.75) is 6.92 Å². The molecule has 2 rings (SSSR count). The van der Waals surface area contributed by atoms with E-state index in [0.717, 1.165) is 17.0 Å². The second-order valence-corrected chi connectivity index (χ2v) is 4.95. The maximum atomic E-state index is 12.0. The van der Waals surface area contributed by atoms with E-state index in [-0.39, 0.29) is 5.91 Å². The van der Waals surface area contributed by atoms with E-state index in [1.165, 1.54) is 0 Å². The number of benzene rings is 2. The summed E-state index contributed by atoms with van der Waals surface area (Å²) in [5, 5.41) is 4.13. The Balaban J connectivity index is 2.04. The van der Waals surface area contributed by atoms with Crippen LogP contribution in [0.25, 0.3) is 0 Å². The van der Waals surface area contributed by atoms with Crippen LogP contribution in [0, 0.1) is 0 Å². The molecule has 0 radical (unpaired) electrons. The number of nitrogens with zero attached hydrogens (tertiary/aromatic N) is 2. The first-order valence-electron chi connectivity index (χ1n) is 6.75. The van der Waals surface area contributed by atoms with E-state index in [1.54, 1.807) is 12.1 Å². The van der Waals surface area contributed by atoms with Gasteiger partial charge in [-0.15, -0.1) is 0 Å². The van der Waals surface area contributed by atoms with Crippen molar-refractivity contribution in [2.24, 2.45) is 5.10 Å². The fourth-order valence-corrected chi connectivity index (χ4v) is 1.85. The highest BCUT2D eigenvalue weighted by Gasteiger charge is 2.05. The number of carbonyl (C=O) groups excluding carboxylic acids is 1. The Kier molecular flexibility index (Phi) is 4.72. The average molecular weight is 281 g/mol. The van der Waals surface area contributed by atoms with Crippen LogP contribution in [0.3, 0.4) is 0 Å². The maximum Gasteiger partial charge on any atom is 0.271 e. The van der Waals surface area contributed by atoms with Gasteiger partial charge in [-0.1, -0.05) is 30.3 Å². The Morgan fingerprint density at radius 2 is 1.57 bits per heavy atom. The van der Waals surface area contributed by atoms with E-state index in [2.05, 4.69) is 10.5 Å². The van der Waals surface area contributed by atoms with Gasteiger partial charge in [0.15, 0.2) is 0 Å². The molecule has 4 nitrogen and oxygen atoms in total. The number of anilines is 1. The summed E-state index contributed by atoms with van der Waals surface area (Å²) in [6, 6.07) is 17.1. The molecular formula is C17H19N3O. The summed E-state index contributed by atoms with van der Waals surface area (Å²) in [6.45, 7) is 1.87. The Morgan fingerprint density at radius 3 is 2.14 bits per heavy atom. The van der Waals surface area contributed by atoms with Gasteiger partial charge < -0.3 is 4.90 Å². The standard InChI is InChI=1S/C17H19N3O/c1-13(14-7-5-4-6-8-14)18-19-17(21)15-9-11-16(12-10-15)20(2)3/h4-12H,1-3H3,(H,19,21)/b18-13+. The van der Waals surface area contributed by atoms with Crippen molar-refractivity contribution >= 4 is 17.3 Å². The van der Waals surface area contributed by atoms with Crippen molar-refractivity contribution in [2.75, 3.05) is 19.0 Å². The average Bonchev–Trinajstić information content (AvgIpc) is 2.53. The molecule has 2 aromatic carbocycles. The zero-order chi connectivity index (χ0) is 15.2. The summed E-state index contributed by atoms with van der Waals surface area (Å²) in [5.41, 5.74) is 5.98. The molecule has 1 amide bonds. The highest BCUT2D eigenvalue weighted by atomic mass is 16.2. The van der Waals surface area contributed by atoms with E-state index in [1.807, 2.05) is 68.4 Å². The summed E-state index contributed by atoms with van der Waals surface area (Å²) in [6.07, 6.45) is 0. The SMILES string of the molecule is C/C(=N\NC(=O)c1ccc(N(C)C)cc1)c1ccccc1. The van der Waals surface area contributed by atoms with Gasteiger partial charge in [-0.25, -0.2) is 5.43 Å². The summed E-state index contributed by atoms with van der Waals surface area (Å²) in [7, 11) is 3.92. The Bertz CT molecular complexity index is 631. The van der Waals surface area contributed by atoms with Gasteiger partial charge in [-0.3, -0.25) is 4.79 Å². The molecule has 0 fully saturated rings. The number of hydrazone groups is 1. The minimum absolute atomic E-state index is 0.212. The number of hydrogen-bond acceptors (Lipinski definition) is 3. The molecule has 4 heteroatoms. The minimum Gasteiger partial charge on any atom is -0.378 e. The molecule has 0 saturated heterocycles. The topological polar surface area (TPSA) is 44.7 Å². The second-order valence-electron chi connectivity index (χ2n) is 4.95. The molecule has 0 aromatic heterocycles. The number of nitrogens with one attached hydrogen (secondary N) is 1. The summed E-state index contributed by atoms with van der Waals surface area (Å²) < 4.78 is 0.